The molecule has 2 N–H and O–H groups in total. The number of pyridine rings is 1. The number of unbranched alkanes of at least 4 members (excludes halogenated alkanes) is 1. The number of halogens is 1. The molecule has 0 aliphatic carbocycles. The summed E-state index contributed by atoms with van der Waals surface area (Å²) in [4.78, 5) is 28.6. The van der Waals surface area contributed by atoms with E-state index in [9.17, 15) is 9.59 Å². The molecule has 25 heavy (non-hydrogen) atoms. The minimum atomic E-state index is -0.155. The van der Waals surface area contributed by atoms with Crippen molar-refractivity contribution in [3.05, 3.63) is 52.6 Å². The van der Waals surface area contributed by atoms with Crippen molar-refractivity contribution in [1.29, 1.82) is 0 Å². The first-order chi connectivity index (χ1) is 12.1. The van der Waals surface area contributed by atoms with Crippen LogP contribution in [0.5, 0.6) is 0 Å². The second-order valence-corrected chi connectivity index (χ2v) is 7.19. The van der Waals surface area contributed by atoms with E-state index in [1.807, 2.05) is 24.3 Å². The highest BCUT2D eigenvalue weighted by Gasteiger charge is 2.13. The van der Waals surface area contributed by atoms with Gasteiger partial charge in [0, 0.05) is 22.9 Å². The molecular weight excluding hydrogens is 402 g/mol. The van der Waals surface area contributed by atoms with Crippen molar-refractivity contribution in [3.8, 4) is 0 Å². The number of nitrogens with zero attached hydrogens (tertiary/aromatic N) is 1. The number of carbonyl (C=O) groups excluding carboxylic acids is 2. The summed E-state index contributed by atoms with van der Waals surface area (Å²) in [6, 6.07) is 10.8. The molecule has 2 aromatic rings. The topological polar surface area (TPSA) is 71.1 Å². The van der Waals surface area contributed by atoms with Crippen molar-refractivity contribution in [2.75, 3.05) is 17.6 Å². The van der Waals surface area contributed by atoms with Gasteiger partial charge in [-0.3, -0.25) is 9.59 Å². The molecule has 5 nitrogen and oxygen atoms in total. The number of aromatic nitrogens is 1. The molecule has 0 unspecified atom stereocenters. The van der Waals surface area contributed by atoms with E-state index in [-0.39, 0.29) is 17.6 Å². The van der Waals surface area contributed by atoms with Gasteiger partial charge in [0.25, 0.3) is 5.91 Å². The van der Waals surface area contributed by atoms with E-state index in [4.69, 9.17) is 0 Å². The maximum Gasteiger partial charge on any atom is 0.254 e. The van der Waals surface area contributed by atoms with Crippen molar-refractivity contribution in [2.24, 2.45) is 0 Å². The highest BCUT2D eigenvalue weighted by Crippen LogP contribution is 2.21. The Balaban J connectivity index is 1.92. The Hall–Kier alpha value is -1.86. The Kier molecular flexibility index (Phi) is 7.94. The molecule has 0 aliphatic heterocycles. The third kappa shape index (κ3) is 6.51. The van der Waals surface area contributed by atoms with Crippen molar-refractivity contribution >= 4 is 45.2 Å². The maximum atomic E-state index is 12.2. The smallest absolute Gasteiger partial charge is 0.254 e. The molecule has 0 radical (unpaired) electrons. The minimum absolute atomic E-state index is 0.143. The summed E-state index contributed by atoms with van der Waals surface area (Å²) >= 11 is 4.61. The normalized spacial score (nSPS) is 10.3. The number of benzene rings is 1. The molecule has 2 amide bonds. The lowest BCUT2D eigenvalue weighted by Crippen LogP contribution is -2.25. The van der Waals surface area contributed by atoms with Crippen LogP contribution in [0.2, 0.25) is 0 Å². The van der Waals surface area contributed by atoms with Crippen molar-refractivity contribution in [1.82, 2.24) is 10.3 Å². The largest absolute Gasteiger partial charge is 0.352 e. The van der Waals surface area contributed by atoms with Gasteiger partial charge in [-0.05, 0) is 42.8 Å². The van der Waals surface area contributed by atoms with Gasteiger partial charge < -0.3 is 10.6 Å². The Labute approximate surface area is 160 Å². The van der Waals surface area contributed by atoms with E-state index >= 15 is 0 Å². The maximum absolute atomic E-state index is 12.2. The van der Waals surface area contributed by atoms with E-state index < -0.39 is 0 Å². The van der Waals surface area contributed by atoms with Crippen LogP contribution >= 0.6 is 27.7 Å². The van der Waals surface area contributed by atoms with E-state index in [2.05, 4.69) is 38.5 Å². The minimum Gasteiger partial charge on any atom is -0.352 e. The summed E-state index contributed by atoms with van der Waals surface area (Å²) in [7, 11) is 0. The zero-order valence-corrected chi connectivity index (χ0v) is 16.3. The zero-order chi connectivity index (χ0) is 18.1. The molecule has 0 spiro atoms. The van der Waals surface area contributed by atoms with Crippen LogP contribution in [0.4, 0.5) is 5.69 Å². The lowest BCUT2D eigenvalue weighted by molar-refractivity contribution is -0.113. The van der Waals surface area contributed by atoms with E-state index in [0.717, 1.165) is 23.0 Å². The fourth-order valence-corrected chi connectivity index (χ4v) is 3.07. The molecule has 132 valence electrons. The predicted molar refractivity (Wildman–Crippen MR) is 105 cm³/mol. The molecule has 1 aromatic carbocycles. The summed E-state index contributed by atoms with van der Waals surface area (Å²) in [5, 5.41) is 6.25. The van der Waals surface area contributed by atoms with Gasteiger partial charge in [-0.15, -0.1) is 0 Å². The second-order valence-electron chi connectivity index (χ2n) is 5.31. The van der Waals surface area contributed by atoms with Crippen molar-refractivity contribution < 1.29 is 9.59 Å². The lowest BCUT2D eigenvalue weighted by Gasteiger charge is -2.09. The number of rotatable bonds is 8. The Bertz CT molecular complexity index is 723. The summed E-state index contributed by atoms with van der Waals surface area (Å²) in [5.74, 6) is -0.116. The molecule has 1 aromatic heterocycles. The monoisotopic (exact) mass is 421 g/mol. The average molecular weight is 422 g/mol. The lowest BCUT2D eigenvalue weighted by atomic mass is 10.2. The summed E-state index contributed by atoms with van der Waals surface area (Å²) in [6.45, 7) is 2.71. The molecule has 2 rings (SSSR count). The highest BCUT2D eigenvalue weighted by atomic mass is 79.9. The SMILES string of the molecule is CCCCNC(=O)c1cccnc1SCC(=O)Nc1ccc(Br)cc1. The van der Waals surface area contributed by atoms with Gasteiger partial charge in [-0.25, -0.2) is 4.98 Å². The number of hydrogen-bond donors (Lipinski definition) is 2. The van der Waals surface area contributed by atoms with Gasteiger partial charge >= 0.3 is 0 Å². The van der Waals surface area contributed by atoms with Crippen LogP contribution in [-0.4, -0.2) is 29.1 Å². The van der Waals surface area contributed by atoms with Crippen LogP contribution in [-0.2, 0) is 4.79 Å². The van der Waals surface area contributed by atoms with Crippen LogP contribution < -0.4 is 10.6 Å². The first-order valence-electron chi connectivity index (χ1n) is 8.01. The predicted octanol–water partition coefficient (Wildman–Crippen LogP) is 4.10. The van der Waals surface area contributed by atoms with E-state index in [0.29, 0.717) is 17.1 Å². The van der Waals surface area contributed by atoms with Crippen molar-refractivity contribution in [2.45, 2.75) is 24.8 Å². The van der Waals surface area contributed by atoms with Crippen molar-refractivity contribution in [3.63, 3.8) is 0 Å². The van der Waals surface area contributed by atoms with Crippen LogP contribution in [0.15, 0.2) is 52.1 Å². The number of carbonyl (C=O) groups is 2. The second kappa shape index (κ2) is 10.2. The van der Waals surface area contributed by atoms with Gasteiger partial charge in [-0.1, -0.05) is 41.0 Å². The van der Waals surface area contributed by atoms with Gasteiger partial charge in [0.15, 0.2) is 0 Å². The Morgan fingerprint density at radius 2 is 1.96 bits per heavy atom. The Morgan fingerprint density at radius 1 is 1.20 bits per heavy atom. The molecule has 7 heteroatoms. The molecule has 0 aliphatic rings. The van der Waals surface area contributed by atoms with Crippen LogP contribution in [0.25, 0.3) is 0 Å². The number of hydrogen-bond acceptors (Lipinski definition) is 4. The molecule has 0 saturated carbocycles. The first-order valence-corrected chi connectivity index (χ1v) is 9.79. The third-order valence-electron chi connectivity index (χ3n) is 3.30. The fraction of sp³-hybridized carbons (Fsp3) is 0.278. The zero-order valence-electron chi connectivity index (χ0n) is 13.9. The van der Waals surface area contributed by atoms with Crippen LogP contribution in [0.3, 0.4) is 0 Å². The Morgan fingerprint density at radius 3 is 2.68 bits per heavy atom. The van der Waals surface area contributed by atoms with Crippen LogP contribution in [0, 0.1) is 0 Å². The van der Waals surface area contributed by atoms with E-state index in [1.165, 1.54) is 11.8 Å². The summed E-state index contributed by atoms with van der Waals surface area (Å²) in [5.41, 5.74) is 1.23. The number of thioether (sulfide) groups is 1. The molecule has 0 atom stereocenters. The van der Waals surface area contributed by atoms with Gasteiger partial charge in [-0.2, -0.15) is 0 Å². The fourth-order valence-electron chi connectivity index (χ4n) is 2.02. The number of amides is 2. The van der Waals surface area contributed by atoms with Crippen LogP contribution in [0.1, 0.15) is 30.1 Å². The standard InChI is InChI=1S/C18H20BrN3O2S/c1-2-3-10-20-17(24)15-5-4-11-21-18(15)25-12-16(23)22-14-8-6-13(19)7-9-14/h4-9,11H,2-3,10,12H2,1H3,(H,20,24)(H,22,23). The van der Waals surface area contributed by atoms with Gasteiger partial charge in [0.05, 0.1) is 11.3 Å². The summed E-state index contributed by atoms with van der Waals surface area (Å²) in [6.07, 6.45) is 3.58. The third-order valence-corrected chi connectivity index (χ3v) is 4.83. The highest BCUT2D eigenvalue weighted by molar-refractivity contribution is 9.10. The molecule has 1 heterocycles. The first kappa shape index (κ1) is 19.5. The number of anilines is 1. The quantitative estimate of drug-likeness (QED) is 0.496. The molecule has 0 fully saturated rings. The van der Waals surface area contributed by atoms with Gasteiger partial charge in [0.1, 0.15) is 5.03 Å². The molecular formula is C18H20BrN3O2S. The van der Waals surface area contributed by atoms with E-state index in [1.54, 1.807) is 18.3 Å². The van der Waals surface area contributed by atoms with Gasteiger partial charge in [0.2, 0.25) is 5.91 Å². The summed E-state index contributed by atoms with van der Waals surface area (Å²) < 4.78 is 0.951. The molecule has 0 saturated heterocycles. The molecule has 0 bridgehead atoms. The average Bonchev–Trinajstić information content (AvgIpc) is 2.62. The number of nitrogens with one attached hydrogen (secondary N) is 2.